The molecule has 5 heteroatoms. The van der Waals surface area contributed by atoms with Crippen molar-refractivity contribution in [1.82, 2.24) is 9.97 Å². The van der Waals surface area contributed by atoms with Crippen LogP contribution < -0.4 is 4.90 Å². The third-order valence-electron chi connectivity index (χ3n) is 4.51. The van der Waals surface area contributed by atoms with Crippen LogP contribution in [0, 0.1) is 5.92 Å². The molecule has 0 unspecified atom stereocenters. The summed E-state index contributed by atoms with van der Waals surface area (Å²) in [6, 6.07) is 1.85. The van der Waals surface area contributed by atoms with Gasteiger partial charge in [-0.3, -0.25) is 0 Å². The van der Waals surface area contributed by atoms with E-state index in [-0.39, 0.29) is 5.60 Å². The van der Waals surface area contributed by atoms with Crippen LogP contribution in [0.3, 0.4) is 0 Å². The molecule has 0 amide bonds. The molecular weight excluding hydrogens is 254 g/mol. The van der Waals surface area contributed by atoms with Crippen molar-refractivity contribution in [3.05, 3.63) is 18.5 Å². The fraction of sp³-hybridized carbons (Fsp3) is 0.733. The van der Waals surface area contributed by atoms with Crippen molar-refractivity contribution >= 4 is 5.95 Å². The van der Waals surface area contributed by atoms with Gasteiger partial charge in [0.25, 0.3) is 0 Å². The quantitative estimate of drug-likeness (QED) is 0.836. The lowest BCUT2D eigenvalue weighted by molar-refractivity contribution is -0.146. The summed E-state index contributed by atoms with van der Waals surface area (Å²) in [4.78, 5) is 10.8. The van der Waals surface area contributed by atoms with E-state index in [1.165, 1.54) is 12.8 Å². The highest BCUT2D eigenvalue weighted by Crippen LogP contribution is 2.37. The SMILES string of the molecule is c1cnc(N2CC3(C[C@@H](OCC4CC4)CCO3)C2)nc1. The van der Waals surface area contributed by atoms with E-state index in [9.17, 15) is 0 Å². The summed E-state index contributed by atoms with van der Waals surface area (Å²) in [7, 11) is 0. The van der Waals surface area contributed by atoms with Crippen LogP contribution in [0.25, 0.3) is 0 Å². The molecule has 3 fully saturated rings. The first-order valence-corrected chi connectivity index (χ1v) is 7.61. The molecule has 4 rings (SSSR count). The molecule has 1 atom stereocenters. The summed E-state index contributed by atoms with van der Waals surface area (Å²) in [6.07, 6.45) is 8.72. The molecule has 1 aromatic heterocycles. The van der Waals surface area contributed by atoms with Crippen LogP contribution in [-0.4, -0.2) is 48.0 Å². The van der Waals surface area contributed by atoms with Gasteiger partial charge in [-0.25, -0.2) is 9.97 Å². The summed E-state index contributed by atoms with van der Waals surface area (Å²) in [5.41, 5.74) is -0.0222. The number of ether oxygens (including phenoxy) is 2. The second-order valence-electron chi connectivity index (χ2n) is 6.33. The second kappa shape index (κ2) is 4.97. The minimum Gasteiger partial charge on any atom is -0.378 e. The van der Waals surface area contributed by atoms with Crippen LogP contribution in [0.5, 0.6) is 0 Å². The van der Waals surface area contributed by atoms with E-state index in [4.69, 9.17) is 9.47 Å². The molecular formula is C15H21N3O2. The highest BCUT2D eigenvalue weighted by molar-refractivity contribution is 5.37. The molecule has 0 aromatic carbocycles. The minimum atomic E-state index is -0.0222. The Morgan fingerprint density at radius 1 is 1.25 bits per heavy atom. The van der Waals surface area contributed by atoms with Gasteiger partial charge in [-0.05, 0) is 31.2 Å². The zero-order chi connectivity index (χ0) is 13.4. The molecule has 20 heavy (non-hydrogen) atoms. The van der Waals surface area contributed by atoms with Gasteiger partial charge in [0.1, 0.15) is 5.60 Å². The van der Waals surface area contributed by atoms with Crippen molar-refractivity contribution in [3.8, 4) is 0 Å². The number of hydrogen-bond acceptors (Lipinski definition) is 5. The number of anilines is 1. The van der Waals surface area contributed by atoms with Crippen molar-refractivity contribution in [3.63, 3.8) is 0 Å². The highest BCUT2D eigenvalue weighted by atomic mass is 16.5. The number of hydrogen-bond donors (Lipinski definition) is 0. The van der Waals surface area contributed by atoms with Crippen LogP contribution in [0.1, 0.15) is 25.7 Å². The lowest BCUT2D eigenvalue weighted by Gasteiger charge is -2.52. The molecule has 2 saturated heterocycles. The zero-order valence-corrected chi connectivity index (χ0v) is 11.7. The average molecular weight is 275 g/mol. The number of aromatic nitrogens is 2. The van der Waals surface area contributed by atoms with Crippen LogP contribution in [0.2, 0.25) is 0 Å². The van der Waals surface area contributed by atoms with Crippen molar-refractivity contribution in [2.24, 2.45) is 5.92 Å². The normalized spacial score (nSPS) is 28.4. The molecule has 1 aliphatic carbocycles. The van der Waals surface area contributed by atoms with Crippen molar-refractivity contribution < 1.29 is 9.47 Å². The molecule has 0 N–H and O–H groups in total. The zero-order valence-electron chi connectivity index (χ0n) is 11.7. The lowest BCUT2D eigenvalue weighted by Crippen LogP contribution is -2.66. The fourth-order valence-electron chi connectivity index (χ4n) is 3.15. The molecule has 108 valence electrons. The number of nitrogens with zero attached hydrogens (tertiary/aromatic N) is 3. The highest BCUT2D eigenvalue weighted by Gasteiger charge is 2.48. The summed E-state index contributed by atoms with van der Waals surface area (Å²) in [5, 5.41) is 0. The maximum Gasteiger partial charge on any atom is 0.225 e. The van der Waals surface area contributed by atoms with Gasteiger partial charge in [0, 0.05) is 32.0 Å². The predicted molar refractivity (Wildman–Crippen MR) is 74.6 cm³/mol. The molecule has 3 heterocycles. The Balaban J connectivity index is 1.32. The Hall–Kier alpha value is -1.20. The minimum absolute atomic E-state index is 0.0222. The van der Waals surface area contributed by atoms with Gasteiger partial charge < -0.3 is 14.4 Å². The summed E-state index contributed by atoms with van der Waals surface area (Å²) in [6.45, 7) is 3.55. The Morgan fingerprint density at radius 2 is 2.05 bits per heavy atom. The fourth-order valence-corrected chi connectivity index (χ4v) is 3.15. The first kappa shape index (κ1) is 12.5. The van der Waals surface area contributed by atoms with E-state index in [2.05, 4.69) is 14.9 Å². The average Bonchev–Trinajstić information content (AvgIpc) is 3.28. The summed E-state index contributed by atoms with van der Waals surface area (Å²) < 4.78 is 12.1. The van der Waals surface area contributed by atoms with E-state index in [1.807, 2.05) is 6.07 Å². The Kier molecular flexibility index (Phi) is 3.11. The van der Waals surface area contributed by atoms with Gasteiger partial charge >= 0.3 is 0 Å². The summed E-state index contributed by atoms with van der Waals surface area (Å²) in [5.74, 6) is 1.65. The topological polar surface area (TPSA) is 47.5 Å². The van der Waals surface area contributed by atoms with Gasteiger partial charge in [-0.2, -0.15) is 0 Å². The maximum atomic E-state index is 6.05. The van der Waals surface area contributed by atoms with E-state index in [0.29, 0.717) is 6.10 Å². The molecule has 3 aliphatic rings. The van der Waals surface area contributed by atoms with Crippen LogP contribution in [0.15, 0.2) is 18.5 Å². The van der Waals surface area contributed by atoms with Crippen LogP contribution in [-0.2, 0) is 9.47 Å². The first-order valence-electron chi connectivity index (χ1n) is 7.61. The van der Waals surface area contributed by atoms with Gasteiger partial charge in [-0.15, -0.1) is 0 Å². The third-order valence-corrected chi connectivity index (χ3v) is 4.51. The molecule has 5 nitrogen and oxygen atoms in total. The Labute approximate surface area is 119 Å². The van der Waals surface area contributed by atoms with E-state index in [0.717, 1.165) is 51.0 Å². The predicted octanol–water partition coefficient (Wildman–Crippen LogP) is 1.64. The van der Waals surface area contributed by atoms with Gasteiger partial charge in [-0.1, -0.05) is 0 Å². The monoisotopic (exact) mass is 275 g/mol. The number of rotatable bonds is 4. The van der Waals surface area contributed by atoms with Crippen molar-refractivity contribution in [1.29, 1.82) is 0 Å². The Bertz CT molecular complexity index is 457. The van der Waals surface area contributed by atoms with Crippen molar-refractivity contribution in [2.45, 2.75) is 37.4 Å². The third kappa shape index (κ3) is 2.52. The van der Waals surface area contributed by atoms with Crippen LogP contribution >= 0.6 is 0 Å². The lowest BCUT2D eigenvalue weighted by atomic mass is 9.85. The van der Waals surface area contributed by atoms with Crippen molar-refractivity contribution in [2.75, 3.05) is 31.2 Å². The molecule has 1 aromatic rings. The Morgan fingerprint density at radius 3 is 2.80 bits per heavy atom. The second-order valence-corrected chi connectivity index (χ2v) is 6.33. The maximum absolute atomic E-state index is 6.05. The van der Waals surface area contributed by atoms with E-state index >= 15 is 0 Å². The smallest absolute Gasteiger partial charge is 0.225 e. The van der Waals surface area contributed by atoms with Gasteiger partial charge in [0.05, 0.1) is 19.2 Å². The van der Waals surface area contributed by atoms with Gasteiger partial charge in [0.2, 0.25) is 5.95 Å². The summed E-state index contributed by atoms with van der Waals surface area (Å²) >= 11 is 0. The van der Waals surface area contributed by atoms with Crippen LogP contribution in [0.4, 0.5) is 5.95 Å². The molecule has 1 spiro atoms. The van der Waals surface area contributed by atoms with E-state index in [1.54, 1.807) is 12.4 Å². The molecule has 0 bridgehead atoms. The largest absolute Gasteiger partial charge is 0.378 e. The van der Waals surface area contributed by atoms with E-state index < -0.39 is 0 Å². The molecule has 0 radical (unpaired) electrons. The van der Waals surface area contributed by atoms with Gasteiger partial charge in [0.15, 0.2) is 0 Å². The molecule has 1 saturated carbocycles. The standard InChI is InChI=1S/C15H21N3O2/c1-5-16-14(17-6-1)18-10-15(11-18)8-13(4-7-20-15)19-9-12-2-3-12/h1,5-6,12-13H,2-4,7-11H2/t13-/m0/s1. The first-order chi connectivity index (χ1) is 9.83. The molecule has 2 aliphatic heterocycles.